The maximum atomic E-state index is 5.75. The van der Waals surface area contributed by atoms with Gasteiger partial charge in [0.05, 0.1) is 0 Å². The molecular weight excluding hydrogens is 230 g/mol. The minimum Gasteiger partial charge on any atom is -0.464 e. The van der Waals surface area contributed by atoms with Gasteiger partial charge in [0, 0.05) is 7.11 Å². The second-order valence-electron chi connectivity index (χ2n) is 4.18. The van der Waals surface area contributed by atoms with Crippen molar-refractivity contribution >= 4 is 0 Å². The van der Waals surface area contributed by atoms with Gasteiger partial charge < -0.3 is 18.9 Å². The molecule has 1 unspecified atom stereocenters. The van der Waals surface area contributed by atoms with Crippen molar-refractivity contribution in [3.63, 3.8) is 0 Å². The van der Waals surface area contributed by atoms with Crippen molar-refractivity contribution < 1.29 is 13.6 Å². The van der Waals surface area contributed by atoms with E-state index in [9.17, 15) is 0 Å². The van der Waals surface area contributed by atoms with Crippen molar-refractivity contribution in [3.8, 4) is 0 Å². The minimum atomic E-state index is -0.0469. The lowest BCUT2D eigenvalue weighted by Crippen LogP contribution is -2.21. The third-order valence-electron chi connectivity index (χ3n) is 2.71. The second-order valence-corrected chi connectivity index (χ2v) is 4.18. The molecule has 0 saturated carbocycles. The maximum absolute atomic E-state index is 5.75. The Morgan fingerprint density at radius 1 is 1.17 bits per heavy atom. The predicted octanol–water partition coefficient (Wildman–Crippen LogP) is 3.03. The van der Waals surface area contributed by atoms with Crippen molar-refractivity contribution in [3.05, 3.63) is 47.3 Å². The summed E-state index contributed by atoms with van der Waals surface area (Å²) in [4.78, 5) is 0. The van der Waals surface area contributed by atoms with Gasteiger partial charge in [0.1, 0.15) is 35.7 Å². The zero-order chi connectivity index (χ0) is 13.0. The van der Waals surface area contributed by atoms with Gasteiger partial charge in [-0.3, -0.25) is 0 Å². The monoisotopic (exact) mass is 249 g/mol. The van der Waals surface area contributed by atoms with Gasteiger partial charge in [-0.1, -0.05) is 6.92 Å². The topological polar surface area (TPSA) is 47.5 Å². The van der Waals surface area contributed by atoms with Crippen molar-refractivity contribution in [2.45, 2.75) is 26.5 Å². The van der Waals surface area contributed by atoms with E-state index in [1.54, 1.807) is 7.11 Å². The molecule has 4 heteroatoms. The number of nitrogens with one attached hydrogen (secondary N) is 1. The summed E-state index contributed by atoms with van der Waals surface area (Å²) < 4.78 is 16.5. The molecule has 0 radical (unpaired) electrons. The van der Waals surface area contributed by atoms with Crippen LogP contribution in [0, 0.1) is 6.92 Å². The molecule has 2 rings (SSSR count). The molecule has 0 amide bonds. The Morgan fingerprint density at radius 2 is 1.89 bits per heavy atom. The van der Waals surface area contributed by atoms with Crippen molar-refractivity contribution in [2.75, 3.05) is 13.7 Å². The van der Waals surface area contributed by atoms with E-state index in [0.29, 0.717) is 6.61 Å². The minimum absolute atomic E-state index is 0.0469. The molecule has 1 N–H and O–H groups in total. The Bertz CT molecular complexity index is 487. The SMILES string of the molecule is CCNC(c1ccc(C)o1)c1ccc(COC)o1. The number of rotatable bonds is 6. The summed E-state index contributed by atoms with van der Waals surface area (Å²) in [5, 5.41) is 3.36. The molecule has 4 nitrogen and oxygen atoms in total. The van der Waals surface area contributed by atoms with Crippen LogP contribution in [0.15, 0.2) is 33.1 Å². The highest BCUT2D eigenvalue weighted by Gasteiger charge is 2.20. The molecular formula is C14H19NO3. The fourth-order valence-corrected chi connectivity index (χ4v) is 1.92. The quantitative estimate of drug-likeness (QED) is 0.854. The highest BCUT2D eigenvalue weighted by molar-refractivity contribution is 5.21. The van der Waals surface area contributed by atoms with Crippen molar-refractivity contribution in [1.29, 1.82) is 0 Å². The molecule has 0 aliphatic rings. The molecule has 2 heterocycles. The second kappa shape index (κ2) is 5.89. The molecule has 0 saturated heterocycles. The average molecular weight is 249 g/mol. The van der Waals surface area contributed by atoms with E-state index in [2.05, 4.69) is 12.2 Å². The van der Waals surface area contributed by atoms with Crippen LogP contribution >= 0.6 is 0 Å². The van der Waals surface area contributed by atoms with Crippen LogP contribution in [0.5, 0.6) is 0 Å². The zero-order valence-corrected chi connectivity index (χ0v) is 11.0. The van der Waals surface area contributed by atoms with Gasteiger partial charge in [-0.25, -0.2) is 0 Å². The molecule has 0 bridgehead atoms. The molecule has 2 aromatic rings. The van der Waals surface area contributed by atoms with E-state index in [1.807, 2.05) is 31.2 Å². The molecule has 0 fully saturated rings. The van der Waals surface area contributed by atoms with Crippen molar-refractivity contribution in [1.82, 2.24) is 5.32 Å². The Balaban J connectivity index is 2.23. The van der Waals surface area contributed by atoms with E-state index in [0.717, 1.165) is 29.6 Å². The molecule has 0 aliphatic heterocycles. The van der Waals surface area contributed by atoms with E-state index in [-0.39, 0.29) is 6.04 Å². The van der Waals surface area contributed by atoms with Crippen LogP contribution in [0.3, 0.4) is 0 Å². The zero-order valence-electron chi connectivity index (χ0n) is 11.0. The summed E-state index contributed by atoms with van der Waals surface area (Å²) in [5.41, 5.74) is 0. The number of furan rings is 2. The van der Waals surface area contributed by atoms with Crippen LogP contribution in [-0.4, -0.2) is 13.7 Å². The van der Waals surface area contributed by atoms with Gasteiger partial charge in [0.2, 0.25) is 0 Å². The van der Waals surface area contributed by atoms with Crippen molar-refractivity contribution in [2.24, 2.45) is 0 Å². The summed E-state index contributed by atoms with van der Waals surface area (Å²) in [7, 11) is 1.65. The van der Waals surface area contributed by atoms with Crippen LogP contribution < -0.4 is 5.32 Å². The smallest absolute Gasteiger partial charge is 0.129 e. The predicted molar refractivity (Wildman–Crippen MR) is 68.4 cm³/mol. The molecule has 0 spiro atoms. The Morgan fingerprint density at radius 3 is 2.50 bits per heavy atom. The standard InChI is InChI=1S/C14H19NO3/c1-4-15-14(12-7-5-10(2)17-12)13-8-6-11(18-13)9-16-3/h5-8,14-15H,4,9H2,1-3H3. The van der Waals surface area contributed by atoms with Crippen LogP contribution in [0.2, 0.25) is 0 Å². The number of hydrogen-bond acceptors (Lipinski definition) is 4. The van der Waals surface area contributed by atoms with Gasteiger partial charge in [-0.05, 0) is 37.7 Å². The van der Waals surface area contributed by atoms with Crippen LogP contribution in [0.4, 0.5) is 0 Å². The summed E-state index contributed by atoms with van der Waals surface area (Å²) >= 11 is 0. The highest BCUT2D eigenvalue weighted by atomic mass is 16.5. The first kappa shape index (κ1) is 12.9. The number of aryl methyl sites for hydroxylation is 1. The summed E-state index contributed by atoms with van der Waals surface area (Å²) in [6, 6.07) is 7.77. The van der Waals surface area contributed by atoms with Gasteiger partial charge in [-0.15, -0.1) is 0 Å². The Hall–Kier alpha value is -1.52. The largest absolute Gasteiger partial charge is 0.464 e. The highest BCUT2D eigenvalue weighted by Crippen LogP contribution is 2.25. The number of ether oxygens (including phenoxy) is 1. The Kier molecular flexibility index (Phi) is 4.23. The van der Waals surface area contributed by atoms with Gasteiger partial charge in [-0.2, -0.15) is 0 Å². The number of methoxy groups -OCH3 is 1. The van der Waals surface area contributed by atoms with Crippen LogP contribution in [-0.2, 0) is 11.3 Å². The van der Waals surface area contributed by atoms with E-state index < -0.39 is 0 Å². The number of hydrogen-bond donors (Lipinski definition) is 1. The first-order valence-electron chi connectivity index (χ1n) is 6.12. The molecule has 18 heavy (non-hydrogen) atoms. The first-order valence-corrected chi connectivity index (χ1v) is 6.12. The lowest BCUT2D eigenvalue weighted by Gasteiger charge is -2.12. The van der Waals surface area contributed by atoms with E-state index >= 15 is 0 Å². The lowest BCUT2D eigenvalue weighted by molar-refractivity contribution is 0.161. The average Bonchev–Trinajstić information content (AvgIpc) is 2.96. The molecule has 1 atom stereocenters. The maximum Gasteiger partial charge on any atom is 0.129 e. The molecule has 98 valence electrons. The van der Waals surface area contributed by atoms with Gasteiger partial charge in [0.15, 0.2) is 0 Å². The van der Waals surface area contributed by atoms with E-state index in [1.165, 1.54) is 0 Å². The van der Waals surface area contributed by atoms with Crippen LogP contribution in [0.1, 0.15) is 36.0 Å². The normalized spacial score (nSPS) is 12.8. The summed E-state index contributed by atoms with van der Waals surface area (Å²) in [6.07, 6.45) is 0. The molecule has 0 aliphatic carbocycles. The lowest BCUT2D eigenvalue weighted by atomic mass is 10.1. The molecule has 2 aromatic heterocycles. The third kappa shape index (κ3) is 2.83. The molecule has 0 aromatic carbocycles. The fraction of sp³-hybridized carbons (Fsp3) is 0.429. The third-order valence-corrected chi connectivity index (χ3v) is 2.71. The summed E-state index contributed by atoms with van der Waals surface area (Å²) in [5.74, 6) is 3.43. The van der Waals surface area contributed by atoms with E-state index in [4.69, 9.17) is 13.6 Å². The van der Waals surface area contributed by atoms with Gasteiger partial charge >= 0.3 is 0 Å². The van der Waals surface area contributed by atoms with Crippen LogP contribution in [0.25, 0.3) is 0 Å². The first-order chi connectivity index (χ1) is 8.74. The Labute approximate surface area is 107 Å². The fourth-order valence-electron chi connectivity index (χ4n) is 1.92. The van der Waals surface area contributed by atoms with Gasteiger partial charge in [0.25, 0.3) is 0 Å². The summed E-state index contributed by atoms with van der Waals surface area (Å²) in [6.45, 7) is 5.31.